The van der Waals surface area contributed by atoms with Crippen molar-refractivity contribution in [2.75, 3.05) is 7.11 Å². The Morgan fingerprint density at radius 3 is 2.45 bits per heavy atom. The molecule has 5 heteroatoms. The first-order chi connectivity index (χ1) is 10.2. The monoisotopic (exact) mass is 302 g/mol. The Balaban J connectivity index is 2.42. The van der Waals surface area contributed by atoms with Crippen LogP contribution < -0.4 is 4.74 Å². The topological polar surface area (TPSA) is 72.8 Å². The summed E-state index contributed by atoms with van der Waals surface area (Å²) in [4.78, 5) is 25.2. The number of phenols is 1. The lowest BCUT2D eigenvalue weighted by Gasteiger charge is -2.25. The van der Waals surface area contributed by atoms with E-state index in [1.54, 1.807) is 6.92 Å². The first-order valence-corrected chi connectivity index (χ1v) is 7.13. The Hall–Kier alpha value is -2.30. The molecule has 1 aliphatic heterocycles. The molecule has 1 N–H and O–H groups in total. The summed E-state index contributed by atoms with van der Waals surface area (Å²) in [6.07, 6.45) is -0.223. The Bertz CT molecular complexity index is 755. The number of rotatable bonds is 1. The van der Waals surface area contributed by atoms with E-state index in [9.17, 15) is 14.7 Å². The third-order valence-electron chi connectivity index (χ3n) is 4.73. The number of ketones is 2. The second-order valence-electron chi connectivity index (χ2n) is 6.34. The van der Waals surface area contributed by atoms with E-state index in [0.717, 1.165) is 0 Å². The van der Waals surface area contributed by atoms with E-state index in [1.165, 1.54) is 13.2 Å². The number of aromatic hydroxyl groups is 1. The minimum Gasteiger partial charge on any atom is -0.504 e. The quantitative estimate of drug-likeness (QED) is 0.807. The van der Waals surface area contributed by atoms with Crippen LogP contribution in [0.1, 0.15) is 42.3 Å². The summed E-state index contributed by atoms with van der Waals surface area (Å²) in [7, 11) is 1.36. The fraction of sp³-hybridized carbons (Fsp3) is 0.412. The molecule has 3 rings (SSSR count). The molecule has 0 bridgehead atoms. The van der Waals surface area contributed by atoms with Crippen LogP contribution in [0.15, 0.2) is 11.6 Å². The van der Waals surface area contributed by atoms with Gasteiger partial charge in [-0.25, -0.2) is 0 Å². The zero-order valence-corrected chi connectivity index (χ0v) is 13.2. The molecule has 0 aromatic heterocycles. The number of carbonyl (C=O) groups excluding carboxylic acids is 2. The van der Waals surface area contributed by atoms with Gasteiger partial charge >= 0.3 is 0 Å². The molecule has 0 radical (unpaired) electrons. The van der Waals surface area contributed by atoms with Crippen LogP contribution in [0.4, 0.5) is 0 Å². The average molecular weight is 302 g/mol. The first kappa shape index (κ1) is 14.6. The lowest BCUT2D eigenvalue weighted by molar-refractivity contribution is -0.112. The molecule has 0 spiro atoms. The van der Waals surface area contributed by atoms with Gasteiger partial charge in [0.15, 0.2) is 11.5 Å². The van der Waals surface area contributed by atoms with E-state index in [2.05, 4.69) is 0 Å². The molecule has 1 aromatic carbocycles. The standard InChI is InChI=1S/C17H18O5/c1-7-6-9(18)15(21-5)11-10(7)16-12(14(20)13(11)19)17(3,4)8(2)22-16/h6,8,18H,1-5H3/t8-/m0/s1. The van der Waals surface area contributed by atoms with Crippen molar-refractivity contribution in [1.82, 2.24) is 0 Å². The minimum absolute atomic E-state index is 0.0199. The van der Waals surface area contributed by atoms with Crippen molar-refractivity contribution in [2.24, 2.45) is 5.41 Å². The molecule has 0 amide bonds. The van der Waals surface area contributed by atoms with Crippen molar-refractivity contribution in [3.05, 3.63) is 28.3 Å². The highest BCUT2D eigenvalue weighted by Crippen LogP contribution is 2.52. The van der Waals surface area contributed by atoms with Crippen molar-refractivity contribution < 1.29 is 24.2 Å². The summed E-state index contributed by atoms with van der Waals surface area (Å²) in [6.45, 7) is 7.43. The summed E-state index contributed by atoms with van der Waals surface area (Å²) in [5, 5.41) is 10.0. The third-order valence-corrected chi connectivity index (χ3v) is 4.73. The molecule has 1 aliphatic carbocycles. The van der Waals surface area contributed by atoms with Crippen LogP contribution in [0, 0.1) is 12.3 Å². The second kappa shape index (κ2) is 4.35. The maximum atomic E-state index is 12.6. The maximum Gasteiger partial charge on any atom is 0.237 e. The van der Waals surface area contributed by atoms with Crippen LogP contribution in [0.2, 0.25) is 0 Å². The number of aryl methyl sites for hydroxylation is 1. The molecule has 2 aliphatic rings. The summed E-state index contributed by atoms with van der Waals surface area (Å²) < 4.78 is 11.1. The molecular formula is C17H18O5. The zero-order chi connectivity index (χ0) is 16.4. The van der Waals surface area contributed by atoms with Crippen LogP contribution in [-0.2, 0) is 9.53 Å². The van der Waals surface area contributed by atoms with E-state index in [0.29, 0.717) is 22.5 Å². The predicted octanol–water partition coefficient (Wildman–Crippen LogP) is 2.63. The number of benzene rings is 1. The molecule has 0 fully saturated rings. The van der Waals surface area contributed by atoms with Gasteiger partial charge in [0.1, 0.15) is 11.9 Å². The molecule has 1 heterocycles. The van der Waals surface area contributed by atoms with Crippen molar-refractivity contribution in [3.63, 3.8) is 0 Å². The first-order valence-electron chi connectivity index (χ1n) is 7.13. The second-order valence-corrected chi connectivity index (χ2v) is 6.34. The summed E-state index contributed by atoms with van der Waals surface area (Å²) in [6, 6.07) is 1.52. The van der Waals surface area contributed by atoms with Crippen molar-refractivity contribution in [3.8, 4) is 11.5 Å². The van der Waals surface area contributed by atoms with E-state index >= 15 is 0 Å². The maximum absolute atomic E-state index is 12.6. The molecular weight excluding hydrogens is 284 g/mol. The van der Waals surface area contributed by atoms with Crippen LogP contribution >= 0.6 is 0 Å². The number of Topliss-reactive ketones (excluding diaryl/α,β-unsaturated/α-hetero) is 2. The highest BCUT2D eigenvalue weighted by molar-refractivity contribution is 6.53. The van der Waals surface area contributed by atoms with E-state index < -0.39 is 17.0 Å². The average Bonchev–Trinajstić information content (AvgIpc) is 2.66. The van der Waals surface area contributed by atoms with Crippen LogP contribution in [0.3, 0.4) is 0 Å². The number of carbonyl (C=O) groups is 2. The number of methoxy groups -OCH3 is 1. The van der Waals surface area contributed by atoms with Gasteiger partial charge in [0, 0.05) is 11.0 Å². The van der Waals surface area contributed by atoms with Gasteiger partial charge in [-0.2, -0.15) is 0 Å². The van der Waals surface area contributed by atoms with Gasteiger partial charge < -0.3 is 14.6 Å². The summed E-state index contributed by atoms with van der Waals surface area (Å²) in [5.74, 6) is -0.941. The Morgan fingerprint density at radius 2 is 1.86 bits per heavy atom. The van der Waals surface area contributed by atoms with Crippen LogP contribution in [-0.4, -0.2) is 29.9 Å². The summed E-state index contributed by atoms with van der Waals surface area (Å²) >= 11 is 0. The van der Waals surface area contributed by atoms with E-state index in [4.69, 9.17) is 9.47 Å². The molecule has 1 aromatic rings. The summed E-state index contributed by atoms with van der Waals surface area (Å²) in [5.41, 5.74) is 1.18. The van der Waals surface area contributed by atoms with Gasteiger partial charge in [0.2, 0.25) is 11.6 Å². The van der Waals surface area contributed by atoms with Crippen molar-refractivity contribution in [1.29, 1.82) is 0 Å². The normalized spacial score (nSPS) is 22.3. The highest BCUT2D eigenvalue weighted by Gasteiger charge is 2.51. The SMILES string of the molecule is COc1c(O)cc(C)c2c1C(=O)C(=O)C1=C2O[C@@H](C)C1(C)C. The van der Waals surface area contributed by atoms with Crippen LogP contribution in [0.25, 0.3) is 5.76 Å². The van der Waals surface area contributed by atoms with Gasteiger partial charge in [-0.3, -0.25) is 9.59 Å². The van der Waals surface area contributed by atoms with Crippen LogP contribution in [0.5, 0.6) is 11.5 Å². The highest BCUT2D eigenvalue weighted by atomic mass is 16.5. The Kier molecular flexibility index (Phi) is 2.89. The third kappa shape index (κ3) is 1.59. The van der Waals surface area contributed by atoms with Gasteiger partial charge in [0.25, 0.3) is 0 Å². The number of fused-ring (bicyclic) bond motifs is 2. The number of ether oxygens (including phenoxy) is 2. The predicted molar refractivity (Wildman–Crippen MR) is 80.0 cm³/mol. The molecule has 116 valence electrons. The lowest BCUT2D eigenvalue weighted by atomic mass is 9.73. The smallest absolute Gasteiger partial charge is 0.237 e. The van der Waals surface area contributed by atoms with Crippen molar-refractivity contribution >= 4 is 17.3 Å². The fourth-order valence-corrected chi connectivity index (χ4v) is 3.18. The van der Waals surface area contributed by atoms with Gasteiger partial charge in [-0.1, -0.05) is 13.8 Å². The van der Waals surface area contributed by atoms with Crippen molar-refractivity contribution in [2.45, 2.75) is 33.8 Å². The molecule has 22 heavy (non-hydrogen) atoms. The number of hydrogen-bond acceptors (Lipinski definition) is 5. The number of hydrogen-bond donors (Lipinski definition) is 1. The minimum atomic E-state index is -0.657. The Morgan fingerprint density at radius 1 is 1.23 bits per heavy atom. The largest absolute Gasteiger partial charge is 0.504 e. The van der Waals surface area contributed by atoms with E-state index in [1.807, 2.05) is 20.8 Å². The fourth-order valence-electron chi connectivity index (χ4n) is 3.18. The van der Waals surface area contributed by atoms with E-state index in [-0.39, 0.29) is 23.2 Å². The van der Waals surface area contributed by atoms with Gasteiger partial charge in [-0.05, 0) is 25.5 Å². The lowest BCUT2D eigenvalue weighted by Crippen LogP contribution is -2.32. The zero-order valence-electron chi connectivity index (χ0n) is 13.2. The molecule has 0 saturated carbocycles. The van der Waals surface area contributed by atoms with Gasteiger partial charge in [-0.15, -0.1) is 0 Å². The molecule has 0 unspecified atom stereocenters. The number of phenolic OH excluding ortho intramolecular Hbond substituents is 1. The molecule has 1 atom stereocenters. The van der Waals surface area contributed by atoms with Gasteiger partial charge in [0.05, 0.1) is 18.2 Å². The molecule has 5 nitrogen and oxygen atoms in total. The molecule has 0 saturated heterocycles. The Labute approximate surface area is 128 Å².